The van der Waals surface area contributed by atoms with Crippen molar-refractivity contribution >= 4 is 5.91 Å². The van der Waals surface area contributed by atoms with Crippen LogP contribution < -0.4 is 0 Å². The molecule has 0 N–H and O–H groups in total. The second-order valence-corrected chi connectivity index (χ2v) is 5.54. The van der Waals surface area contributed by atoms with Crippen LogP contribution in [0.1, 0.15) is 30.9 Å². The Morgan fingerprint density at radius 1 is 1.43 bits per heavy atom. The number of aryl methyl sites for hydroxylation is 2. The van der Waals surface area contributed by atoms with Crippen LogP contribution in [0.4, 0.5) is 0 Å². The Labute approximate surface area is 123 Å². The first-order valence-electron chi connectivity index (χ1n) is 7.33. The van der Waals surface area contributed by atoms with Gasteiger partial charge >= 0.3 is 0 Å². The molecule has 1 aliphatic rings. The van der Waals surface area contributed by atoms with Crippen molar-refractivity contribution in [1.29, 1.82) is 0 Å². The first-order valence-corrected chi connectivity index (χ1v) is 7.33. The van der Waals surface area contributed by atoms with Crippen molar-refractivity contribution < 1.29 is 4.79 Å². The number of hydrogen-bond acceptors (Lipinski definition) is 4. The number of carbonyl (C=O) groups excluding carboxylic acids is 1. The Bertz CT molecular complexity index is 590. The number of carbonyl (C=O) groups is 1. The molecule has 0 radical (unpaired) electrons. The summed E-state index contributed by atoms with van der Waals surface area (Å²) < 4.78 is 3.68. The van der Waals surface area contributed by atoms with Gasteiger partial charge in [0, 0.05) is 32.3 Å². The number of aromatic nitrogens is 5. The zero-order chi connectivity index (χ0) is 14.7. The van der Waals surface area contributed by atoms with E-state index in [1.807, 2.05) is 33.6 Å². The van der Waals surface area contributed by atoms with Crippen molar-refractivity contribution in [3.8, 4) is 0 Å². The minimum Gasteiger partial charge on any atom is -0.340 e. The highest BCUT2D eigenvalue weighted by Crippen LogP contribution is 2.20. The molecule has 1 amide bonds. The summed E-state index contributed by atoms with van der Waals surface area (Å²) in [7, 11) is 0. The minimum atomic E-state index is 0.188. The van der Waals surface area contributed by atoms with Crippen LogP contribution in [0.2, 0.25) is 0 Å². The van der Waals surface area contributed by atoms with Crippen LogP contribution in [0.25, 0.3) is 0 Å². The summed E-state index contributed by atoms with van der Waals surface area (Å²) in [4.78, 5) is 18.3. The summed E-state index contributed by atoms with van der Waals surface area (Å²) in [6.07, 6.45) is 9.59. The molecule has 112 valence electrons. The standard InChI is InChI=1S/C14H20N6O/c1-12-7-16-19(8-12)6-4-14(21)18-5-2-3-13(9-18)20-11-15-10-17-20/h7-8,10-11,13H,2-6,9H2,1H3/t13-/m1/s1. The van der Waals surface area contributed by atoms with Crippen LogP contribution in [0, 0.1) is 6.92 Å². The minimum absolute atomic E-state index is 0.188. The average Bonchev–Trinajstić information content (AvgIpc) is 3.16. The Kier molecular flexibility index (Phi) is 3.98. The Morgan fingerprint density at radius 2 is 2.33 bits per heavy atom. The molecule has 0 unspecified atom stereocenters. The van der Waals surface area contributed by atoms with Crippen LogP contribution >= 0.6 is 0 Å². The molecule has 2 aromatic rings. The molecule has 2 aromatic heterocycles. The fourth-order valence-corrected chi connectivity index (χ4v) is 2.76. The fourth-order valence-electron chi connectivity index (χ4n) is 2.76. The van der Waals surface area contributed by atoms with E-state index in [0.29, 0.717) is 13.0 Å². The molecule has 0 saturated carbocycles. The van der Waals surface area contributed by atoms with Crippen molar-refractivity contribution in [3.63, 3.8) is 0 Å². The SMILES string of the molecule is Cc1cnn(CCC(=O)N2CCC[C@@H](n3cncn3)C2)c1. The van der Waals surface area contributed by atoms with Gasteiger partial charge in [-0.05, 0) is 25.3 Å². The molecule has 0 aliphatic carbocycles. The molecular weight excluding hydrogens is 268 g/mol. The molecule has 0 aromatic carbocycles. The van der Waals surface area contributed by atoms with E-state index in [1.54, 1.807) is 12.7 Å². The van der Waals surface area contributed by atoms with Crippen LogP contribution in [0.3, 0.4) is 0 Å². The van der Waals surface area contributed by atoms with E-state index in [1.165, 1.54) is 0 Å². The predicted molar refractivity (Wildman–Crippen MR) is 76.5 cm³/mol. The number of likely N-dealkylation sites (tertiary alicyclic amines) is 1. The van der Waals surface area contributed by atoms with Crippen LogP contribution in [0.5, 0.6) is 0 Å². The van der Waals surface area contributed by atoms with Gasteiger partial charge in [-0.25, -0.2) is 9.67 Å². The molecular formula is C14H20N6O. The third-order valence-electron chi connectivity index (χ3n) is 3.88. The third-order valence-corrected chi connectivity index (χ3v) is 3.88. The van der Waals surface area contributed by atoms with Crippen molar-refractivity contribution in [2.24, 2.45) is 0 Å². The highest BCUT2D eigenvalue weighted by molar-refractivity contribution is 5.76. The van der Waals surface area contributed by atoms with Crippen LogP contribution in [-0.4, -0.2) is 48.4 Å². The molecule has 21 heavy (non-hydrogen) atoms. The van der Waals surface area contributed by atoms with Crippen molar-refractivity contribution in [3.05, 3.63) is 30.6 Å². The Hall–Kier alpha value is -2.18. The van der Waals surface area contributed by atoms with Gasteiger partial charge < -0.3 is 4.90 Å². The predicted octanol–water partition coefficient (Wildman–Crippen LogP) is 1.04. The molecule has 1 aliphatic heterocycles. The van der Waals surface area contributed by atoms with Crippen LogP contribution in [-0.2, 0) is 11.3 Å². The van der Waals surface area contributed by atoms with E-state index in [-0.39, 0.29) is 11.9 Å². The molecule has 7 heteroatoms. The van der Waals surface area contributed by atoms with Gasteiger partial charge in [-0.1, -0.05) is 0 Å². The molecule has 7 nitrogen and oxygen atoms in total. The smallest absolute Gasteiger partial charge is 0.224 e. The summed E-state index contributed by atoms with van der Waals surface area (Å²) in [5.41, 5.74) is 1.12. The van der Waals surface area contributed by atoms with Crippen LogP contribution in [0.15, 0.2) is 25.0 Å². The van der Waals surface area contributed by atoms with E-state index in [4.69, 9.17) is 0 Å². The van der Waals surface area contributed by atoms with Crippen molar-refractivity contribution in [2.45, 2.75) is 38.8 Å². The molecule has 0 spiro atoms. The molecule has 1 atom stereocenters. The lowest BCUT2D eigenvalue weighted by Crippen LogP contribution is -2.41. The summed E-state index contributed by atoms with van der Waals surface area (Å²) >= 11 is 0. The van der Waals surface area contributed by atoms with E-state index in [2.05, 4.69) is 15.2 Å². The summed E-state index contributed by atoms with van der Waals surface area (Å²) in [6, 6.07) is 0.247. The van der Waals surface area contributed by atoms with Gasteiger partial charge in [-0.15, -0.1) is 0 Å². The van der Waals surface area contributed by atoms with E-state index >= 15 is 0 Å². The van der Waals surface area contributed by atoms with Gasteiger partial charge in [0.05, 0.1) is 12.2 Å². The molecule has 3 rings (SSSR count). The molecule has 0 bridgehead atoms. The molecule has 1 fully saturated rings. The van der Waals surface area contributed by atoms with Gasteiger partial charge in [0.2, 0.25) is 5.91 Å². The number of piperidine rings is 1. The highest BCUT2D eigenvalue weighted by Gasteiger charge is 2.24. The first kappa shape index (κ1) is 13.8. The van der Waals surface area contributed by atoms with Crippen molar-refractivity contribution in [1.82, 2.24) is 29.4 Å². The number of nitrogens with zero attached hydrogens (tertiary/aromatic N) is 6. The van der Waals surface area contributed by atoms with E-state index in [0.717, 1.165) is 31.5 Å². The van der Waals surface area contributed by atoms with Gasteiger partial charge in [-0.3, -0.25) is 9.48 Å². The van der Waals surface area contributed by atoms with Gasteiger partial charge in [-0.2, -0.15) is 10.2 Å². The zero-order valence-electron chi connectivity index (χ0n) is 12.2. The lowest BCUT2D eigenvalue weighted by Gasteiger charge is -2.32. The second-order valence-electron chi connectivity index (χ2n) is 5.54. The first-order chi connectivity index (χ1) is 10.2. The second kappa shape index (κ2) is 6.07. The van der Waals surface area contributed by atoms with E-state index in [9.17, 15) is 4.79 Å². The lowest BCUT2D eigenvalue weighted by atomic mass is 10.1. The summed E-state index contributed by atoms with van der Waals surface area (Å²) in [6.45, 7) is 4.19. The molecule has 3 heterocycles. The average molecular weight is 288 g/mol. The highest BCUT2D eigenvalue weighted by atomic mass is 16.2. The maximum Gasteiger partial charge on any atom is 0.224 e. The monoisotopic (exact) mass is 288 g/mol. The molecule has 1 saturated heterocycles. The quantitative estimate of drug-likeness (QED) is 0.843. The topological polar surface area (TPSA) is 68.8 Å². The van der Waals surface area contributed by atoms with E-state index < -0.39 is 0 Å². The zero-order valence-corrected chi connectivity index (χ0v) is 12.2. The summed E-state index contributed by atoms with van der Waals surface area (Å²) in [5, 5.41) is 8.40. The Balaban J connectivity index is 1.54. The number of amides is 1. The Morgan fingerprint density at radius 3 is 3.05 bits per heavy atom. The maximum absolute atomic E-state index is 12.3. The van der Waals surface area contributed by atoms with Gasteiger partial charge in [0.25, 0.3) is 0 Å². The summed E-state index contributed by atoms with van der Waals surface area (Å²) in [5.74, 6) is 0.188. The van der Waals surface area contributed by atoms with Gasteiger partial charge in [0.15, 0.2) is 0 Å². The lowest BCUT2D eigenvalue weighted by molar-refractivity contribution is -0.133. The van der Waals surface area contributed by atoms with Crippen molar-refractivity contribution in [2.75, 3.05) is 13.1 Å². The largest absolute Gasteiger partial charge is 0.340 e. The maximum atomic E-state index is 12.3. The number of rotatable bonds is 4. The number of hydrogen-bond donors (Lipinski definition) is 0. The third kappa shape index (κ3) is 3.29. The normalized spacial score (nSPS) is 18.9. The van der Waals surface area contributed by atoms with Gasteiger partial charge in [0.1, 0.15) is 12.7 Å². The fraction of sp³-hybridized carbons (Fsp3) is 0.571.